The van der Waals surface area contributed by atoms with Crippen molar-refractivity contribution in [2.45, 2.75) is 51.6 Å². The smallest absolute Gasteiger partial charge is 0.237 e. The molecule has 2 aromatic rings. The molecule has 0 fully saturated rings. The Labute approximate surface area is 147 Å². The number of hydrogen-bond acceptors (Lipinski definition) is 4. The van der Waals surface area contributed by atoms with E-state index in [9.17, 15) is 4.79 Å². The molecule has 1 unspecified atom stereocenters. The summed E-state index contributed by atoms with van der Waals surface area (Å²) < 4.78 is 1.95. The average molecular weight is 344 g/mol. The summed E-state index contributed by atoms with van der Waals surface area (Å²) in [6, 6.07) is 4.15. The van der Waals surface area contributed by atoms with E-state index in [0.717, 1.165) is 27.8 Å². The van der Waals surface area contributed by atoms with E-state index in [-0.39, 0.29) is 11.2 Å². The number of aryl methyl sites for hydroxylation is 4. The number of carbonyl (C=O) groups is 1. The number of anilines is 1. The molecule has 24 heavy (non-hydrogen) atoms. The molecule has 128 valence electrons. The van der Waals surface area contributed by atoms with E-state index >= 15 is 0 Å². The fourth-order valence-electron chi connectivity index (χ4n) is 2.60. The molecule has 6 heteroatoms. The van der Waals surface area contributed by atoms with Crippen molar-refractivity contribution in [2.75, 3.05) is 5.32 Å². The summed E-state index contributed by atoms with van der Waals surface area (Å²) in [5.74, 6) is 0.774. The molecular weight excluding hydrogens is 320 g/mol. The average Bonchev–Trinajstić information content (AvgIpc) is 2.84. The first-order valence-corrected chi connectivity index (χ1v) is 8.77. The maximum absolute atomic E-state index is 12.6. The largest absolute Gasteiger partial charge is 0.325 e. The SMILES string of the molecule is C=CCn1c(C)nnc1SC(C)C(=O)Nc1c(C)cc(C)cc1C. The molecule has 0 aliphatic rings. The highest BCUT2D eigenvalue weighted by Gasteiger charge is 2.20. The third kappa shape index (κ3) is 4.06. The Morgan fingerprint density at radius 3 is 2.50 bits per heavy atom. The van der Waals surface area contributed by atoms with Crippen molar-refractivity contribution in [3.8, 4) is 0 Å². The van der Waals surface area contributed by atoms with Crippen LogP contribution >= 0.6 is 11.8 Å². The third-order valence-electron chi connectivity index (χ3n) is 3.79. The quantitative estimate of drug-likeness (QED) is 0.639. The summed E-state index contributed by atoms with van der Waals surface area (Å²) in [6.07, 6.45) is 1.80. The molecule has 0 saturated carbocycles. The van der Waals surface area contributed by atoms with E-state index in [1.165, 1.54) is 17.3 Å². The van der Waals surface area contributed by atoms with Crippen molar-refractivity contribution in [3.63, 3.8) is 0 Å². The number of amides is 1. The first-order chi connectivity index (χ1) is 11.3. The van der Waals surface area contributed by atoms with Crippen LogP contribution in [0.1, 0.15) is 29.4 Å². The first-order valence-electron chi connectivity index (χ1n) is 7.89. The second-order valence-corrected chi connectivity index (χ2v) is 7.26. The zero-order chi connectivity index (χ0) is 17.9. The topological polar surface area (TPSA) is 59.8 Å². The highest BCUT2D eigenvalue weighted by atomic mass is 32.2. The van der Waals surface area contributed by atoms with Gasteiger partial charge in [0.1, 0.15) is 5.82 Å². The van der Waals surface area contributed by atoms with Gasteiger partial charge in [0.2, 0.25) is 5.91 Å². The number of benzene rings is 1. The molecule has 0 aliphatic carbocycles. The lowest BCUT2D eigenvalue weighted by Gasteiger charge is -2.16. The number of thioether (sulfide) groups is 1. The van der Waals surface area contributed by atoms with Gasteiger partial charge < -0.3 is 9.88 Å². The van der Waals surface area contributed by atoms with Gasteiger partial charge in [0.05, 0.1) is 5.25 Å². The lowest BCUT2D eigenvalue weighted by Crippen LogP contribution is -2.24. The molecule has 1 heterocycles. The van der Waals surface area contributed by atoms with Gasteiger partial charge in [-0.05, 0) is 45.7 Å². The van der Waals surface area contributed by atoms with Crippen LogP contribution in [-0.2, 0) is 11.3 Å². The lowest BCUT2D eigenvalue weighted by molar-refractivity contribution is -0.115. The van der Waals surface area contributed by atoms with Crippen LogP contribution < -0.4 is 5.32 Å². The number of aromatic nitrogens is 3. The minimum absolute atomic E-state index is 0.0409. The Balaban J connectivity index is 2.12. The fraction of sp³-hybridized carbons (Fsp3) is 0.389. The van der Waals surface area contributed by atoms with E-state index in [4.69, 9.17) is 0 Å². The van der Waals surface area contributed by atoms with Gasteiger partial charge in [0.15, 0.2) is 5.16 Å². The summed E-state index contributed by atoms with van der Waals surface area (Å²) in [4.78, 5) is 12.6. The summed E-state index contributed by atoms with van der Waals surface area (Å²) >= 11 is 1.40. The second kappa shape index (κ2) is 7.66. The van der Waals surface area contributed by atoms with Gasteiger partial charge in [0, 0.05) is 12.2 Å². The maximum Gasteiger partial charge on any atom is 0.237 e. The number of nitrogens with one attached hydrogen (secondary N) is 1. The monoisotopic (exact) mass is 344 g/mol. The van der Waals surface area contributed by atoms with Crippen molar-refractivity contribution >= 4 is 23.4 Å². The van der Waals surface area contributed by atoms with Crippen molar-refractivity contribution in [1.29, 1.82) is 0 Å². The maximum atomic E-state index is 12.6. The summed E-state index contributed by atoms with van der Waals surface area (Å²) in [5.41, 5.74) is 4.23. The van der Waals surface area contributed by atoms with Crippen molar-refractivity contribution in [1.82, 2.24) is 14.8 Å². The Bertz CT molecular complexity index is 743. The normalized spacial score (nSPS) is 12.0. The molecule has 1 N–H and O–H groups in total. The van der Waals surface area contributed by atoms with Crippen LogP contribution in [0.15, 0.2) is 29.9 Å². The summed E-state index contributed by atoms with van der Waals surface area (Å²) in [5, 5.41) is 11.7. The Kier molecular flexibility index (Phi) is 5.83. The number of hydrogen-bond donors (Lipinski definition) is 1. The fourth-order valence-corrected chi connectivity index (χ4v) is 3.51. The van der Waals surface area contributed by atoms with Crippen LogP contribution in [0, 0.1) is 27.7 Å². The summed E-state index contributed by atoms with van der Waals surface area (Å²) in [6.45, 7) is 14.2. The number of nitrogens with zero attached hydrogens (tertiary/aromatic N) is 3. The second-order valence-electron chi connectivity index (χ2n) is 5.95. The number of allylic oxidation sites excluding steroid dienone is 1. The van der Waals surface area contributed by atoms with Gasteiger partial charge in [-0.3, -0.25) is 4.79 Å². The molecule has 5 nitrogen and oxygen atoms in total. The van der Waals surface area contributed by atoms with Gasteiger partial charge in [0.25, 0.3) is 0 Å². The van der Waals surface area contributed by atoms with E-state index in [0.29, 0.717) is 6.54 Å². The van der Waals surface area contributed by atoms with Crippen LogP contribution in [0.25, 0.3) is 0 Å². The Morgan fingerprint density at radius 2 is 1.92 bits per heavy atom. The Morgan fingerprint density at radius 1 is 1.29 bits per heavy atom. The van der Waals surface area contributed by atoms with Crippen LogP contribution in [-0.4, -0.2) is 25.9 Å². The van der Waals surface area contributed by atoms with Crippen molar-refractivity contribution in [3.05, 3.63) is 47.3 Å². The van der Waals surface area contributed by atoms with Crippen molar-refractivity contribution in [2.24, 2.45) is 0 Å². The van der Waals surface area contributed by atoms with Crippen LogP contribution in [0.4, 0.5) is 5.69 Å². The molecule has 1 atom stereocenters. The molecular formula is C18H24N4OS. The lowest BCUT2D eigenvalue weighted by atomic mass is 10.1. The van der Waals surface area contributed by atoms with Gasteiger partial charge in [-0.2, -0.15) is 0 Å². The van der Waals surface area contributed by atoms with Crippen LogP contribution in [0.5, 0.6) is 0 Å². The zero-order valence-electron chi connectivity index (χ0n) is 14.9. The van der Waals surface area contributed by atoms with Gasteiger partial charge in [-0.1, -0.05) is 35.5 Å². The first kappa shape index (κ1) is 18.3. The van der Waals surface area contributed by atoms with E-state index in [2.05, 4.69) is 41.1 Å². The predicted octanol–water partition coefficient (Wildman–Crippen LogP) is 3.82. The molecule has 0 bridgehead atoms. The number of carbonyl (C=O) groups excluding carboxylic acids is 1. The van der Waals surface area contributed by atoms with E-state index in [1.54, 1.807) is 6.08 Å². The van der Waals surface area contributed by atoms with E-state index < -0.39 is 0 Å². The van der Waals surface area contributed by atoms with Crippen molar-refractivity contribution < 1.29 is 4.79 Å². The standard InChI is InChI=1S/C18H24N4OS/c1-7-8-22-15(6)20-21-18(22)24-14(5)17(23)19-16-12(3)9-11(2)10-13(16)4/h7,9-10,14H,1,8H2,2-6H3,(H,19,23). The minimum atomic E-state index is -0.280. The zero-order valence-corrected chi connectivity index (χ0v) is 15.7. The molecule has 0 spiro atoms. The van der Waals surface area contributed by atoms with Gasteiger partial charge in [-0.25, -0.2) is 0 Å². The molecule has 0 radical (unpaired) electrons. The predicted molar refractivity (Wildman–Crippen MR) is 99.6 cm³/mol. The highest BCUT2D eigenvalue weighted by molar-refractivity contribution is 8.00. The Hall–Kier alpha value is -2.08. The molecule has 1 aromatic heterocycles. The van der Waals surface area contributed by atoms with Crippen LogP contribution in [0.3, 0.4) is 0 Å². The van der Waals surface area contributed by atoms with Crippen LogP contribution in [0.2, 0.25) is 0 Å². The molecule has 2 rings (SSSR count). The minimum Gasteiger partial charge on any atom is -0.325 e. The molecule has 0 aliphatic heterocycles. The van der Waals surface area contributed by atoms with E-state index in [1.807, 2.05) is 32.3 Å². The van der Waals surface area contributed by atoms with Gasteiger partial charge >= 0.3 is 0 Å². The third-order valence-corrected chi connectivity index (χ3v) is 4.87. The molecule has 1 amide bonds. The summed E-state index contributed by atoms with van der Waals surface area (Å²) in [7, 11) is 0. The molecule has 0 saturated heterocycles. The van der Waals surface area contributed by atoms with Gasteiger partial charge in [-0.15, -0.1) is 16.8 Å². The highest BCUT2D eigenvalue weighted by Crippen LogP contribution is 2.26. The number of rotatable bonds is 6. The molecule has 1 aromatic carbocycles.